The molecule has 6 rings (SSSR count). The molecule has 270 valence electrons. The molecule has 3 unspecified atom stereocenters. The minimum atomic E-state index is -3.90. The number of nitrogens with zero attached hydrogens (tertiary/aromatic N) is 2. The summed E-state index contributed by atoms with van der Waals surface area (Å²) in [4.78, 5) is 69.5. The van der Waals surface area contributed by atoms with E-state index in [-0.39, 0.29) is 26.0 Å². The lowest BCUT2D eigenvalue weighted by atomic mass is 10.0. The number of fused-ring (bicyclic) bond motifs is 5. The zero-order valence-corrected chi connectivity index (χ0v) is 29.2. The van der Waals surface area contributed by atoms with Crippen molar-refractivity contribution in [3.8, 4) is 0 Å². The summed E-state index contributed by atoms with van der Waals surface area (Å²) < 4.78 is 40.7. The van der Waals surface area contributed by atoms with Crippen LogP contribution in [0.1, 0.15) is 75.7 Å². The second-order valence-electron chi connectivity index (χ2n) is 14.1. The normalized spacial score (nSPS) is 28.1. The quantitative estimate of drug-likeness (QED) is 0.287. The van der Waals surface area contributed by atoms with Crippen LogP contribution in [0.2, 0.25) is 0 Å². The fraction of sp³-hybridized carbons (Fsp3) is 0.571. The van der Waals surface area contributed by atoms with Gasteiger partial charge >= 0.3 is 12.1 Å². The van der Waals surface area contributed by atoms with Gasteiger partial charge < -0.3 is 29.6 Å². The fourth-order valence-corrected chi connectivity index (χ4v) is 8.34. The maximum atomic E-state index is 14.2. The van der Waals surface area contributed by atoms with Crippen LogP contribution in [0.4, 0.5) is 4.79 Å². The maximum absolute atomic E-state index is 14.2. The molecule has 1 aromatic heterocycles. The predicted octanol–water partition coefficient (Wildman–Crippen LogP) is 2.76. The summed E-state index contributed by atoms with van der Waals surface area (Å²) in [7, 11) is -3.90. The van der Waals surface area contributed by atoms with E-state index < -0.39 is 80.6 Å². The highest BCUT2D eigenvalue weighted by Gasteiger charge is 2.62. The van der Waals surface area contributed by atoms with Crippen molar-refractivity contribution in [3.63, 3.8) is 0 Å². The van der Waals surface area contributed by atoms with Crippen LogP contribution in [0.15, 0.2) is 43.0 Å². The van der Waals surface area contributed by atoms with Crippen molar-refractivity contribution in [1.82, 2.24) is 24.8 Å². The number of hydrogen-bond acceptors (Lipinski definition) is 9. The molecule has 1 saturated heterocycles. The number of rotatable bonds is 7. The van der Waals surface area contributed by atoms with Crippen LogP contribution >= 0.6 is 0 Å². The number of benzene rings is 1. The molecule has 1 aromatic carbocycles. The number of esters is 1. The summed E-state index contributed by atoms with van der Waals surface area (Å²) in [6.45, 7) is 7.80. The van der Waals surface area contributed by atoms with Crippen LogP contribution in [0.5, 0.6) is 0 Å². The van der Waals surface area contributed by atoms with Gasteiger partial charge in [0, 0.05) is 29.8 Å². The smallest absolute Gasteiger partial charge is 0.407 e. The Kier molecular flexibility index (Phi) is 9.98. The van der Waals surface area contributed by atoms with Crippen molar-refractivity contribution in [2.45, 2.75) is 101 Å². The second-order valence-corrected chi connectivity index (χ2v) is 16.1. The number of aromatic nitrogens is 1. The molecule has 50 heavy (non-hydrogen) atoms. The zero-order valence-electron chi connectivity index (χ0n) is 28.4. The van der Waals surface area contributed by atoms with Gasteiger partial charge in [-0.05, 0) is 56.6 Å². The Balaban J connectivity index is 1.29. The summed E-state index contributed by atoms with van der Waals surface area (Å²) >= 11 is 0. The Bertz CT molecular complexity index is 1800. The lowest BCUT2D eigenvalue weighted by molar-refractivity contribution is -0.141. The Morgan fingerprint density at radius 2 is 1.84 bits per heavy atom. The summed E-state index contributed by atoms with van der Waals surface area (Å²) in [5, 5.41) is 5.60. The van der Waals surface area contributed by atoms with Gasteiger partial charge in [-0.1, -0.05) is 44.5 Å². The second kappa shape index (κ2) is 14.1. The van der Waals surface area contributed by atoms with Crippen molar-refractivity contribution in [2.75, 3.05) is 13.2 Å². The first-order valence-electron chi connectivity index (χ1n) is 17.4. The molecule has 0 radical (unpaired) electrons. The zero-order chi connectivity index (χ0) is 35.8. The first kappa shape index (κ1) is 35.4. The number of carbonyl (C=O) groups is 5. The van der Waals surface area contributed by atoms with E-state index in [1.807, 2.05) is 28.8 Å². The van der Waals surface area contributed by atoms with Crippen molar-refractivity contribution < 1.29 is 41.9 Å². The molecule has 2 aliphatic heterocycles. The molecule has 0 spiro atoms. The van der Waals surface area contributed by atoms with E-state index in [0.717, 1.165) is 30.2 Å². The molecule has 3 fully saturated rings. The predicted molar refractivity (Wildman–Crippen MR) is 182 cm³/mol. The standard InChI is InChI=1S/C35H45N5O9S/c1-4-23-19-35(23,33(44)38-50(46,47)25-13-14-25)37-30(41)27-18-24-20-40(27)31(42)29(21(2)3)36-34(45)48-16-10-6-5-9-15-39-26-12-8-7-11-22(26)17-28(39)32(43)49-24/h4,7-8,11-12,17,21,23-25,27,29H,1,5-6,9-10,13-16,18-20H2,2-3H3,(H,36,45)(H,37,41)(H,38,44)/t23-,24?,27?,29?,35-/m1/s1. The topological polar surface area (TPSA) is 182 Å². The van der Waals surface area contributed by atoms with Gasteiger partial charge in [0.1, 0.15) is 29.4 Å². The van der Waals surface area contributed by atoms with E-state index in [0.29, 0.717) is 31.5 Å². The molecule has 5 atom stereocenters. The summed E-state index contributed by atoms with van der Waals surface area (Å²) in [5.74, 6) is -3.71. The number of carbonyl (C=O) groups excluding carboxylic acids is 5. The number of hydrogen-bond donors (Lipinski definition) is 3. The fourth-order valence-electron chi connectivity index (χ4n) is 6.98. The molecular formula is C35H45N5O9S. The third kappa shape index (κ3) is 7.23. The van der Waals surface area contributed by atoms with Gasteiger partial charge in [-0.25, -0.2) is 18.0 Å². The number of aryl methyl sites for hydroxylation is 1. The number of amides is 4. The number of nitrogens with one attached hydrogen (secondary N) is 3. The van der Waals surface area contributed by atoms with E-state index in [2.05, 4.69) is 21.9 Å². The van der Waals surface area contributed by atoms with Crippen molar-refractivity contribution in [3.05, 3.63) is 48.7 Å². The minimum Gasteiger partial charge on any atom is -0.456 e. The molecule has 4 amide bonds. The Labute approximate surface area is 291 Å². The maximum Gasteiger partial charge on any atom is 0.407 e. The summed E-state index contributed by atoms with van der Waals surface area (Å²) in [6, 6.07) is 7.13. The third-order valence-corrected chi connectivity index (χ3v) is 11.9. The van der Waals surface area contributed by atoms with Crippen molar-refractivity contribution in [2.24, 2.45) is 11.8 Å². The molecular weight excluding hydrogens is 666 g/mol. The third-order valence-electron chi connectivity index (χ3n) is 10.1. The van der Waals surface area contributed by atoms with E-state index in [9.17, 15) is 32.4 Å². The van der Waals surface area contributed by atoms with Crippen LogP contribution in [0.25, 0.3) is 10.9 Å². The lowest BCUT2D eigenvalue weighted by Gasteiger charge is -2.31. The first-order valence-corrected chi connectivity index (χ1v) is 18.9. The van der Waals surface area contributed by atoms with Gasteiger partial charge in [0.2, 0.25) is 21.8 Å². The molecule has 15 heteroatoms. The Hall–Kier alpha value is -4.40. The molecule has 2 saturated carbocycles. The number of sulfonamides is 1. The lowest BCUT2D eigenvalue weighted by Crippen LogP contribution is -2.59. The van der Waals surface area contributed by atoms with Gasteiger partial charge in [-0.3, -0.25) is 19.1 Å². The van der Waals surface area contributed by atoms with Crippen LogP contribution in [0, 0.1) is 11.8 Å². The average Bonchev–Trinajstić information content (AvgIpc) is 3.98. The average molecular weight is 712 g/mol. The molecule has 3 N–H and O–H groups in total. The highest BCUT2D eigenvalue weighted by molar-refractivity contribution is 7.91. The SMILES string of the molecule is C=C[C@@H]1C[C@]1(NC(=O)C1CC2CN1C(=O)C(C(C)C)NC(=O)OCCCCCCn1c(cc3ccccc31)C(=O)O2)C(=O)NS(=O)(=O)C1CC1. The van der Waals surface area contributed by atoms with Crippen molar-refractivity contribution in [1.29, 1.82) is 0 Å². The molecule has 2 aromatic rings. The summed E-state index contributed by atoms with van der Waals surface area (Å²) in [5.41, 5.74) is -0.340. The van der Waals surface area contributed by atoms with Gasteiger partial charge in [0.25, 0.3) is 5.91 Å². The van der Waals surface area contributed by atoms with E-state index in [1.165, 1.54) is 11.0 Å². The Morgan fingerprint density at radius 1 is 1.10 bits per heavy atom. The number of ether oxygens (including phenoxy) is 2. The number of alkyl carbamates (subject to hydrolysis) is 1. The summed E-state index contributed by atoms with van der Waals surface area (Å²) in [6.07, 6.45) is 3.78. The van der Waals surface area contributed by atoms with Gasteiger partial charge in [-0.2, -0.15) is 0 Å². The highest BCUT2D eigenvalue weighted by atomic mass is 32.2. The van der Waals surface area contributed by atoms with Crippen LogP contribution in [0.3, 0.4) is 0 Å². The van der Waals surface area contributed by atoms with Crippen molar-refractivity contribution >= 4 is 50.7 Å². The van der Waals surface area contributed by atoms with Crippen LogP contribution in [-0.4, -0.2) is 89.8 Å². The minimum absolute atomic E-state index is 0.0877. The largest absolute Gasteiger partial charge is 0.456 e. The Morgan fingerprint density at radius 3 is 2.54 bits per heavy atom. The molecule has 4 aliphatic rings. The number of cyclic esters (lactones) is 1. The van der Waals surface area contributed by atoms with Crippen LogP contribution in [-0.2, 0) is 40.4 Å². The molecule has 2 aliphatic carbocycles. The monoisotopic (exact) mass is 711 g/mol. The van der Waals surface area contributed by atoms with Gasteiger partial charge in [0.05, 0.1) is 18.4 Å². The van der Waals surface area contributed by atoms with E-state index in [1.54, 1.807) is 19.9 Å². The van der Waals surface area contributed by atoms with Crippen LogP contribution < -0.4 is 15.4 Å². The highest BCUT2D eigenvalue weighted by Crippen LogP contribution is 2.45. The first-order chi connectivity index (χ1) is 23.8. The number of para-hydroxylation sites is 1. The molecule has 14 nitrogen and oxygen atoms in total. The van der Waals surface area contributed by atoms with E-state index in [4.69, 9.17) is 9.47 Å². The van der Waals surface area contributed by atoms with E-state index >= 15 is 0 Å². The van der Waals surface area contributed by atoms with Gasteiger partial charge in [0.15, 0.2) is 0 Å². The van der Waals surface area contributed by atoms with Gasteiger partial charge in [-0.15, -0.1) is 6.58 Å². The molecule has 2 bridgehead atoms. The molecule has 3 heterocycles.